The van der Waals surface area contributed by atoms with Crippen molar-refractivity contribution in [2.24, 2.45) is 11.5 Å². The summed E-state index contributed by atoms with van der Waals surface area (Å²) in [5, 5.41) is 16.9. The van der Waals surface area contributed by atoms with Gasteiger partial charge in [-0.2, -0.15) is 0 Å². The normalized spacial score (nSPS) is 13.7. The van der Waals surface area contributed by atoms with Gasteiger partial charge in [0.05, 0.1) is 6.04 Å². The summed E-state index contributed by atoms with van der Waals surface area (Å²) in [4.78, 5) is 44.7. The number of carbonyl (C=O) groups excluding carboxylic acids is 2. The number of hydrogen-bond donors (Lipinski definition) is 7. The number of carboxylic acids is 1. The first-order chi connectivity index (χ1) is 18.4. The molecule has 2 heterocycles. The van der Waals surface area contributed by atoms with Crippen LogP contribution in [-0.2, 0) is 27.2 Å². The van der Waals surface area contributed by atoms with Gasteiger partial charge in [0.1, 0.15) is 12.1 Å². The molecule has 2 amide bonds. The summed E-state index contributed by atoms with van der Waals surface area (Å²) >= 11 is 0. The Morgan fingerprint density at radius 3 is 1.92 bits per heavy atom. The third-order valence-electron chi connectivity index (χ3n) is 6.74. The summed E-state index contributed by atoms with van der Waals surface area (Å²) in [6.07, 6.45) is 5.50. The van der Waals surface area contributed by atoms with Crippen LogP contribution < -0.4 is 22.1 Å². The van der Waals surface area contributed by atoms with E-state index in [0.717, 1.165) is 32.9 Å². The molecule has 2 aromatic carbocycles. The zero-order chi connectivity index (χ0) is 27.1. The van der Waals surface area contributed by atoms with Crippen LogP contribution in [0.2, 0.25) is 0 Å². The van der Waals surface area contributed by atoms with E-state index in [1.165, 1.54) is 0 Å². The highest BCUT2D eigenvalue weighted by Gasteiger charge is 2.29. The van der Waals surface area contributed by atoms with Crippen molar-refractivity contribution in [3.8, 4) is 0 Å². The predicted octanol–water partition coefficient (Wildman–Crippen LogP) is 1.94. The van der Waals surface area contributed by atoms with Crippen LogP contribution in [0.1, 0.15) is 30.4 Å². The summed E-state index contributed by atoms with van der Waals surface area (Å²) in [5.74, 6) is -2.21. The minimum atomic E-state index is -1.14. The lowest BCUT2D eigenvalue weighted by molar-refractivity contribution is -0.142. The number of fused-ring (bicyclic) bond motifs is 2. The maximum Gasteiger partial charge on any atom is 0.326 e. The van der Waals surface area contributed by atoms with Gasteiger partial charge < -0.3 is 37.2 Å². The number of aromatic nitrogens is 2. The van der Waals surface area contributed by atoms with Crippen LogP contribution in [0.25, 0.3) is 21.8 Å². The molecular weight excluding hydrogens is 484 g/mol. The smallest absolute Gasteiger partial charge is 0.326 e. The highest BCUT2D eigenvalue weighted by atomic mass is 16.4. The average molecular weight is 519 g/mol. The average Bonchev–Trinajstić information content (AvgIpc) is 3.51. The molecule has 0 spiro atoms. The van der Waals surface area contributed by atoms with Gasteiger partial charge in [-0.15, -0.1) is 0 Å². The third-order valence-corrected chi connectivity index (χ3v) is 6.74. The number of hydrogen-bond acceptors (Lipinski definition) is 5. The topological polar surface area (TPSA) is 179 Å². The van der Waals surface area contributed by atoms with Gasteiger partial charge in [0.15, 0.2) is 0 Å². The van der Waals surface area contributed by atoms with Crippen LogP contribution in [0.5, 0.6) is 0 Å². The van der Waals surface area contributed by atoms with Gasteiger partial charge in [-0.1, -0.05) is 36.4 Å². The lowest BCUT2D eigenvalue weighted by atomic mass is 10.0. The van der Waals surface area contributed by atoms with Crippen molar-refractivity contribution in [3.05, 3.63) is 72.1 Å². The molecule has 0 unspecified atom stereocenters. The van der Waals surface area contributed by atoms with Gasteiger partial charge in [0.25, 0.3) is 0 Å². The zero-order valence-electron chi connectivity index (χ0n) is 21.1. The van der Waals surface area contributed by atoms with Crippen molar-refractivity contribution in [1.82, 2.24) is 20.6 Å². The van der Waals surface area contributed by atoms with Crippen molar-refractivity contribution in [3.63, 3.8) is 0 Å². The highest BCUT2D eigenvalue weighted by Crippen LogP contribution is 2.21. The molecule has 10 nitrogen and oxygen atoms in total. The second-order valence-electron chi connectivity index (χ2n) is 9.48. The number of carbonyl (C=O) groups is 3. The summed E-state index contributed by atoms with van der Waals surface area (Å²) in [5.41, 5.74) is 15.4. The van der Waals surface area contributed by atoms with Gasteiger partial charge in [-0.3, -0.25) is 9.59 Å². The molecule has 0 radical (unpaired) electrons. The Bertz CT molecular complexity index is 1410. The maximum atomic E-state index is 13.3. The number of para-hydroxylation sites is 2. The highest BCUT2D eigenvalue weighted by molar-refractivity contribution is 5.93. The van der Waals surface area contributed by atoms with Crippen LogP contribution in [0.15, 0.2) is 60.9 Å². The van der Waals surface area contributed by atoms with Crippen molar-refractivity contribution >= 4 is 39.6 Å². The molecule has 10 heteroatoms. The molecule has 200 valence electrons. The predicted molar refractivity (Wildman–Crippen MR) is 146 cm³/mol. The summed E-state index contributed by atoms with van der Waals surface area (Å²) < 4.78 is 0. The van der Waals surface area contributed by atoms with Crippen LogP contribution in [-0.4, -0.2) is 57.5 Å². The Labute approximate surface area is 220 Å². The van der Waals surface area contributed by atoms with Crippen LogP contribution in [0, 0.1) is 0 Å². The molecule has 0 fully saturated rings. The first-order valence-corrected chi connectivity index (χ1v) is 12.8. The molecule has 0 aliphatic carbocycles. The number of aromatic amines is 2. The molecule has 0 saturated carbocycles. The standard InChI is InChI=1S/C28H34N6O4/c29-12-6-5-11-24(28(37)38)33-27(36)25(14-18-16-32-23-10-4-2-8-20(18)23)34-26(35)21(30)13-17-15-31-22-9-3-1-7-19(17)22/h1-4,7-10,15-16,21,24-25,31-32H,5-6,11-14,29-30H2,(H,33,36)(H,34,35)(H,37,38)/t21-,24-,25-/m0/s1. The molecule has 9 N–H and O–H groups in total. The fourth-order valence-electron chi connectivity index (χ4n) is 4.66. The Morgan fingerprint density at radius 1 is 0.789 bits per heavy atom. The van der Waals surface area contributed by atoms with E-state index in [4.69, 9.17) is 11.5 Å². The van der Waals surface area contributed by atoms with Crippen LogP contribution in [0.3, 0.4) is 0 Å². The molecule has 0 bridgehead atoms. The molecule has 0 saturated heterocycles. The van der Waals surface area contributed by atoms with Gasteiger partial charge in [0.2, 0.25) is 11.8 Å². The minimum Gasteiger partial charge on any atom is -0.480 e. The van der Waals surface area contributed by atoms with E-state index in [0.29, 0.717) is 19.4 Å². The van der Waals surface area contributed by atoms with E-state index in [1.807, 2.05) is 54.7 Å². The number of nitrogens with one attached hydrogen (secondary N) is 4. The number of unbranched alkanes of at least 4 members (excludes halogenated alkanes) is 1. The fourth-order valence-corrected chi connectivity index (χ4v) is 4.66. The van der Waals surface area contributed by atoms with Gasteiger partial charge in [-0.25, -0.2) is 4.79 Å². The molecule has 3 atom stereocenters. The minimum absolute atomic E-state index is 0.163. The Hall–Kier alpha value is -4.15. The summed E-state index contributed by atoms with van der Waals surface area (Å²) in [6, 6.07) is 12.3. The van der Waals surface area contributed by atoms with Crippen LogP contribution >= 0.6 is 0 Å². The number of carboxylic acid groups (broad SMARTS) is 1. The molecule has 0 aliphatic rings. The van der Waals surface area contributed by atoms with E-state index in [1.54, 1.807) is 6.20 Å². The van der Waals surface area contributed by atoms with E-state index in [9.17, 15) is 19.5 Å². The lowest BCUT2D eigenvalue weighted by Gasteiger charge is -2.23. The number of rotatable bonds is 13. The molecule has 0 aliphatic heterocycles. The van der Waals surface area contributed by atoms with E-state index < -0.39 is 35.9 Å². The largest absolute Gasteiger partial charge is 0.480 e. The first-order valence-electron chi connectivity index (χ1n) is 12.8. The van der Waals surface area contributed by atoms with Crippen LogP contribution in [0.4, 0.5) is 0 Å². The zero-order valence-corrected chi connectivity index (χ0v) is 21.1. The molecule has 4 aromatic rings. The summed E-state index contributed by atoms with van der Waals surface area (Å²) in [6.45, 7) is 0.438. The second kappa shape index (κ2) is 12.4. The SMILES string of the molecule is NCCCC[C@H](NC(=O)[C@H](Cc1c[nH]c2ccccc12)NC(=O)[C@@H](N)Cc1c[nH]c2ccccc12)C(=O)O. The number of benzene rings is 2. The monoisotopic (exact) mass is 518 g/mol. The van der Waals surface area contributed by atoms with Gasteiger partial charge in [0, 0.05) is 40.6 Å². The third kappa shape index (κ3) is 6.39. The quantitative estimate of drug-likeness (QED) is 0.133. The molecule has 4 rings (SSSR count). The Morgan fingerprint density at radius 2 is 1.34 bits per heavy atom. The van der Waals surface area contributed by atoms with E-state index in [2.05, 4.69) is 20.6 Å². The Kier molecular flexibility index (Phi) is 8.77. The van der Waals surface area contributed by atoms with E-state index in [-0.39, 0.29) is 19.3 Å². The first kappa shape index (κ1) is 26.9. The van der Waals surface area contributed by atoms with Crippen molar-refractivity contribution in [2.75, 3.05) is 6.54 Å². The number of H-pyrrole nitrogens is 2. The number of nitrogens with two attached hydrogens (primary N) is 2. The Balaban J connectivity index is 1.51. The van der Waals surface area contributed by atoms with Crippen molar-refractivity contribution in [2.45, 2.75) is 50.2 Å². The molecular formula is C28H34N6O4. The molecule has 38 heavy (non-hydrogen) atoms. The van der Waals surface area contributed by atoms with Gasteiger partial charge in [-0.05, 0) is 55.5 Å². The van der Waals surface area contributed by atoms with E-state index >= 15 is 0 Å². The van der Waals surface area contributed by atoms with Crippen molar-refractivity contribution < 1.29 is 19.5 Å². The second-order valence-corrected chi connectivity index (χ2v) is 9.48. The lowest BCUT2D eigenvalue weighted by Crippen LogP contribution is -2.55. The molecule has 2 aromatic heterocycles. The summed E-state index contributed by atoms with van der Waals surface area (Å²) in [7, 11) is 0. The fraction of sp³-hybridized carbons (Fsp3) is 0.321. The number of aliphatic carboxylic acids is 1. The van der Waals surface area contributed by atoms with Gasteiger partial charge >= 0.3 is 5.97 Å². The number of amides is 2. The van der Waals surface area contributed by atoms with Crippen molar-refractivity contribution in [1.29, 1.82) is 0 Å². The maximum absolute atomic E-state index is 13.3.